The van der Waals surface area contributed by atoms with Gasteiger partial charge in [-0.15, -0.1) is 0 Å². The van der Waals surface area contributed by atoms with Crippen LogP contribution in [-0.4, -0.2) is 116 Å². The number of nitrogens with zero attached hydrogens (tertiary/aromatic N) is 2. The van der Waals surface area contributed by atoms with E-state index in [1.807, 2.05) is 0 Å². The van der Waals surface area contributed by atoms with E-state index in [2.05, 4.69) is 5.32 Å². The summed E-state index contributed by atoms with van der Waals surface area (Å²) in [7, 11) is -18.0. The van der Waals surface area contributed by atoms with Crippen molar-refractivity contribution in [3.8, 4) is 0 Å². The van der Waals surface area contributed by atoms with Crippen LogP contribution in [0.5, 0.6) is 0 Å². The third-order valence-corrected chi connectivity index (χ3v) is 16.0. The third-order valence-electron chi connectivity index (χ3n) is 12.6. The summed E-state index contributed by atoms with van der Waals surface area (Å²) < 4.78 is 136. The summed E-state index contributed by atoms with van der Waals surface area (Å²) in [6.45, 7) is 8.72. The second-order valence-corrected chi connectivity index (χ2v) is 24.3. The maximum Gasteiger partial charge on any atom is 0.303 e. The molecule has 0 radical (unpaired) electrons. The van der Waals surface area contributed by atoms with Crippen molar-refractivity contribution in [1.29, 1.82) is 0 Å². The minimum absolute atomic E-state index is 0.0376. The monoisotopic (exact) mass is 1020 g/mol. The smallest absolute Gasteiger partial charge is 0.303 e. The van der Waals surface area contributed by atoms with E-state index in [1.54, 1.807) is 67.6 Å². The van der Waals surface area contributed by atoms with Crippen molar-refractivity contribution in [3.05, 3.63) is 94.7 Å². The first-order chi connectivity index (χ1) is 31.3. The Morgan fingerprint density at radius 1 is 0.735 bits per heavy atom. The number of aliphatic carboxylic acids is 1. The molecule has 0 fully saturated rings. The lowest BCUT2D eigenvalue weighted by atomic mass is 9.68. The van der Waals surface area contributed by atoms with Crippen LogP contribution in [0, 0.1) is 5.41 Å². The maximum atomic E-state index is 14.3. The number of hydrogen-bond donors (Lipinski definition) is 6. The number of carbonyl (C=O) groups excluding carboxylic acids is 2. The SMILES string of the molecule is CC(=O)C1(C(=O)NCCCCCC(=O)O)CC(/C=C/C2=[N+](CCCS(=O)(=O)O)c3ccc(S(=O)(=O)O)cc3C2(C)C)=CC(=C/C=C2/N(CCCS(=O)(=O)O)c3ccc(S(=O)(=O)O)cc3C2(C)C)/C1. The van der Waals surface area contributed by atoms with Gasteiger partial charge < -0.3 is 15.3 Å². The van der Waals surface area contributed by atoms with Gasteiger partial charge in [-0.05, 0) is 106 Å². The predicted octanol–water partition coefficient (Wildman–Crippen LogP) is 5.33. The molecular weight excluding hydrogens is 967 g/mol. The van der Waals surface area contributed by atoms with E-state index >= 15 is 0 Å². The molecule has 1 amide bonds. The topological polar surface area (TPSA) is 307 Å². The van der Waals surface area contributed by atoms with Crippen LogP contribution in [0.1, 0.15) is 97.1 Å². The Bertz CT molecular complexity index is 3000. The van der Waals surface area contributed by atoms with E-state index in [-0.39, 0.29) is 61.5 Å². The van der Waals surface area contributed by atoms with Crippen molar-refractivity contribution in [2.75, 3.05) is 36.0 Å². The lowest BCUT2D eigenvalue weighted by Crippen LogP contribution is -2.47. The highest BCUT2D eigenvalue weighted by Crippen LogP contribution is 2.49. The molecule has 0 spiro atoms. The highest BCUT2D eigenvalue weighted by atomic mass is 32.2. The van der Waals surface area contributed by atoms with E-state index in [4.69, 9.17) is 5.11 Å². The van der Waals surface area contributed by atoms with Gasteiger partial charge in [0.25, 0.3) is 40.5 Å². The molecule has 0 aromatic heterocycles. The second kappa shape index (κ2) is 20.2. The van der Waals surface area contributed by atoms with Crippen LogP contribution in [0.4, 0.5) is 11.4 Å². The summed E-state index contributed by atoms with van der Waals surface area (Å²) in [5.41, 5.74) is 0.413. The molecular formula is C45H58N3O16S4+. The number of amides is 1. The van der Waals surface area contributed by atoms with E-state index in [9.17, 15) is 66.3 Å². The Hall–Kier alpha value is -4.88. The zero-order valence-electron chi connectivity index (χ0n) is 38.3. The van der Waals surface area contributed by atoms with Gasteiger partial charge in [-0.1, -0.05) is 38.5 Å². The number of fused-ring (bicyclic) bond motifs is 2. The molecule has 0 bridgehead atoms. The van der Waals surface area contributed by atoms with Gasteiger partial charge >= 0.3 is 5.97 Å². The van der Waals surface area contributed by atoms with Crippen LogP contribution >= 0.6 is 0 Å². The van der Waals surface area contributed by atoms with Gasteiger partial charge in [-0.3, -0.25) is 32.6 Å². The van der Waals surface area contributed by atoms with Crippen LogP contribution in [-0.2, 0) is 65.7 Å². The summed E-state index contributed by atoms with van der Waals surface area (Å²) >= 11 is 0. The molecule has 6 N–H and O–H groups in total. The Morgan fingerprint density at radius 3 is 1.93 bits per heavy atom. The van der Waals surface area contributed by atoms with Crippen molar-refractivity contribution >= 4 is 75.2 Å². The fourth-order valence-corrected chi connectivity index (χ4v) is 11.1. The van der Waals surface area contributed by atoms with Crippen LogP contribution in [0.25, 0.3) is 0 Å². The lowest BCUT2D eigenvalue weighted by molar-refractivity contribution is -0.437. The molecule has 68 heavy (non-hydrogen) atoms. The molecule has 23 heteroatoms. The number of anilines is 1. The average molecular weight is 1030 g/mol. The standard InChI is InChI=1S/C45H57N3O16S4/c1-30(49)45(42(52)46-20-8-6-7-11-41(50)51)28-31(12-18-39-43(2,3)35-26-33(67(59,60)61)14-16-37(35)47(39)21-9-23-65(53,54)55)25-32(29-45)13-19-40-44(4,5)36-27-34(68(62,63)64)15-17-38(36)48(40)22-10-24-66(56,57)58/h12-19,25-27H,6-11,20-24,28-29H2,1-5H3,(H5-,46,50,51,52,53,54,55,56,57,58,59,60,61,62,63,64)/p+1. The number of benzene rings is 2. The number of nitrogens with one attached hydrogen (secondary N) is 1. The van der Waals surface area contributed by atoms with Crippen LogP contribution in [0.15, 0.2) is 93.4 Å². The fraction of sp³-hybridized carbons (Fsp3) is 0.467. The molecule has 5 rings (SSSR count). The second-order valence-electron chi connectivity index (χ2n) is 18.3. The van der Waals surface area contributed by atoms with Crippen molar-refractivity contribution in [2.45, 2.75) is 107 Å². The van der Waals surface area contributed by atoms with Gasteiger partial charge in [0.1, 0.15) is 17.7 Å². The minimum atomic E-state index is -4.63. The number of carbonyl (C=O) groups is 3. The summed E-state index contributed by atoms with van der Waals surface area (Å²) in [6, 6.07) is 8.02. The zero-order chi connectivity index (χ0) is 50.8. The normalized spacial score (nSPS) is 20.5. The Balaban J connectivity index is 1.66. The first-order valence-electron chi connectivity index (χ1n) is 21.7. The lowest BCUT2D eigenvalue weighted by Gasteiger charge is -2.34. The van der Waals surface area contributed by atoms with Gasteiger partial charge in [0.05, 0.1) is 26.7 Å². The van der Waals surface area contributed by atoms with E-state index in [0.717, 1.165) is 0 Å². The Kier molecular flexibility index (Phi) is 16.1. The number of Topliss-reactive ketones (excluding diaryl/α,β-unsaturated/α-hetero) is 1. The fourth-order valence-electron chi connectivity index (χ4n) is 9.13. The summed E-state index contributed by atoms with van der Waals surface area (Å²) in [6.07, 6.45) is 9.58. The highest BCUT2D eigenvalue weighted by Gasteiger charge is 2.48. The van der Waals surface area contributed by atoms with Gasteiger partial charge in [0.2, 0.25) is 11.6 Å². The third kappa shape index (κ3) is 12.7. The number of hydrogen-bond acceptors (Lipinski definition) is 12. The molecule has 2 heterocycles. The number of rotatable bonds is 21. The molecule has 2 aromatic carbocycles. The van der Waals surface area contributed by atoms with Crippen molar-refractivity contribution < 1.29 is 75.9 Å². The number of allylic oxidation sites excluding steroid dienone is 8. The molecule has 2 aromatic rings. The van der Waals surface area contributed by atoms with Gasteiger partial charge in [-0.25, -0.2) is 0 Å². The largest absolute Gasteiger partial charge is 0.481 e. The van der Waals surface area contributed by atoms with Gasteiger partial charge in [0, 0.05) is 60.4 Å². The van der Waals surface area contributed by atoms with E-state index < -0.39 is 85.9 Å². The van der Waals surface area contributed by atoms with Crippen LogP contribution in [0.2, 0.25) is 0 Å². The number of carboxylic acid groups (broad SMARTS) is 1. The molecule has 0 saturated carbocycles. The van der Waals surface area contributed by atoms with Crippen LogP contribution < -0.4 is 10.2 Å². The minimum Gasteiger partial charge on any atom is -0.481 e. The number of carboxylic acids is 1. The van der Waals surface area contributed by atoms with Crippen molar-refractivity contribution in [3.63, 3.8) is 0 Å². The quantitative estimate of drug-likeness (QED) is 0.0398. The summed E-state index contributed by atoms with van der Waals surface area (Å²) in [5, 5.41) is 11.9. The van der Waals surface area contributed by atoms with Crippen LogP contribution in [0.3, 0.4) is 0 Å². The molecule has 1 atom stereocenters. The highest BCUT2D eigenvalue weighted by molar-refractivity contribution is 7.86. The molecule has 19 nitrogen and oxygen atoms in total. The maximum absolute atomic E-state index is 14.3. The Labute approximate surface area is 397 Å². The summed E-state index contributed by atoms with van der Waals surface area (Å²) in [5.74, 6) is -3.15. The summed E-state index contributed by atoms with van der Waals surface area (Å²) in [4.78, 5) is 40.3. The van der Waals surface area contributed by atoms with Crippen molar-refractivity contribution in [2.24, 2.45) is 5.41 Å². The number of ketones is 1. The molecule has 1 aliphatic carbocycles. The predicted molar refractivity (Wildman–Crippen MR) is 253 cm³/mol. The molecule has 1 unspecified atom stereocenters. The average Bonchev–Trinajstić information content (AvgIpc) is 3.55. The van der Waals surface area contributed by atoms with Gasteiger partial charge in [0.15, 0.2) is 5.71 Å². The molecule has 0 saturated heterocycles. The van der Waals surface area contributed by atoms with Gasteiger partial charge in [-0.2, -0.15) is 38.2 Å². The van der Waals surface area contributed by atoms with E-state index in [1.165, 1.54) is 43.3 Å². The first kappa shape index (κ1) is 54.1. The first-order valence-corrected chi connectivity index (χ1v) is 27.8. The number of unbranched alkanes of at least 4 members (excludes halogenated alkanes) is 2. The van der Waals surface area contributed by atoms with Crippen molar-refractivity contribution in [1.82, 2.24) is 5.32 Å². The Morgan fingerprint density at radius 2 is 1.34 bits per heavy atom. The molecule has 3 aliphatic rings. The zero-order valence-corrected chi connectivity index (χ0v) is 41.6. The molecule has 372 valence electrons. The molecule has 2 aliphatic heterocycles. The van der Waals surface area contributed by atoms with E-state index in [0.29, 0.717) is 64.3 Å².